The van der Waals surface area contributed by atoms with Crippen LogP contribution in [0.15, 0.2) is 36.4 Å². The van der Waals surface area contributed by atoms with Gasteiger partial charge in [-0.3, -0.25) is 10.1 Å². The van der Waals surface area contributed by atoms with Crippen molar-refractivity contribution in [2.75, 3.05) is 0 Å². The molecule has 0 fully saturated rings. The first-order chi connectivity index (χ1) is 9.51. The molecule has 0 spiro atoms. The zero-order chi connectivity index (χ0) is 14.7. The van der Waals surface area contributed by atoms with Crippen molar-refractivity contribution in [2.45, 2.75) is 5.33 Å². The first-order valence-electron chi connectivity index (χ1n) is 5.47. The summed E-state index contributed by atoms with van der Waals surface area (Å²) >= 11 is 15.2. The van der Waals surface area contributed by atoms with E-state index in [0.29, 0.717) is 21.9 Å². The summed E-state index contributed by atoms with van der Waals surface area (Å²) < 4.78 is 5.57. The number of nitro benzene ring substituents is 1. The Hall–Kier alpha value is -1.30. The van der Waals surface area contributed by atoms with Gasteiger partial charge < -0.3 is 4.74 Å². The lowest BCUT2D eigenvalue weighted by molar-refractivity contribution is -0.384. The molecular formula is C13H8BrCl2NO3. The third-order valence-corrected chi connectivity index (χ3v) is 3.74. The number of hydrogen-bond donors (Lipinski definition) is 0. The van der Waals surface area contributed by atoms with Gasteiger partial charge in [0.25, 0.3) is 5.69 Å². The van der Waals surface area contributed by atoms with E-state index in [9.17, 15) is 10.1 Å². The highest BCUT2D eigenvalue weighted by Crippen LogP contribution is 2.34. The highest BCUT2D eigenvalue weighted by atomic mass is 79.9. The molecule has 0 saturated heterocycles. The number of nitrogens with zero attached hydrogens (tertiary/aromatic N) is 1. The normalized spacial score (nSPS) is 10.3. The number of alkyl halides is 1. The van der Waals surface area contributed by atoms with Gasteiger partial charge in [-0.15, -0.1) is 0 Å². The monoisotopic (exact) mass is 375 g/mol. The number of rotatable bonds is 4. The zero-order valence-electron chi connectivity index (χ0n) is 9.98. The SMILES string of the molecule is O=[N+]([O-])c1ccc(Oc2ccc(CBr)cc2Cl)cc1Cl. The maximum Gasteiger partial charge on any atom is 0.288 e. The summed E-state index contributed by atoms with van der Waals surface area (Å²) in [5.74, 6) is 0.843. The Morgan fingerprint density at radius 2 is 1.90 bits per heavy atom. The van der Waals surface area contributed by atoms with E-state index in [1.807, 2.05) is 6.07 Å². The lowest BCUT2D eigenvalue weighted by Gasteiger charge is -2.09. The molecule has 0 aliphatic rings. The fourth-order valence-electron chi connectivity index (χ4n) is 1.54. The minimum absolute atomic E-state index is 0.0145. The van der Waals surface area contributed by atoms with Crippen molar-refractivity contribution in [1.29, 1.82) is 0 Å². The molecule has 0 amide bonds. The van der Waals surface area contributed by atoms with Crippen LogP contribution < -0.4 is 4.74 Å². The van der Waals surface area contributed by atoms with Crippen LogP contribution in [0.4, 0.5) is 5.69 Å². The molecule has 4 nitrogen and oxygen atoms in total. The zero-order valence-corrected chi connectivity index (χ0v) is 13.1. The van der Waals surface area contributed by atoms with Crippen LogP contribution in [0.25, 0.3) is 0 Å². The lowest BCUT2D eigenvalue weighted by Crippen LogP contribution is -1.91. The highest BCUT2D eigenvalue weighted by molar-refractivity contribution is 9.08. The van der Waals surface area contributed by atoms with Crippen LogP contribution in [-0.4, -0.2) is 4.92 Å². The Kier molecular flexibility index (Phi) is 4.86. The van der Waals surface area contributed by atoms with Gasteiger partial charge in [-0.05, 0) is 23.8 Å². The van der Waals surface area contributed by atoms with Gasteiger partial charge in [-0.1, -0.05) is 45.2 Å². The molecule has 104 valence electrons. The van der Waals surface area contributed by atoms with Crippen molar-refractivity contribution in [2.24, 2.45) is 0 Å². The Morgan fingerprint density at radius 1 is 1.15 bits per heavy atom. The highest BCUT2D eigenvalue weighted by Gasteiger charge is 2.13. The van der Waals surface area contributed by atoms with Crippen molar-refractivity contribution in [3.8, 4) is 11.5 Å². The molecular weight excluding hydrogens is 369 g/mol. The summed E-state index contributed by atoms with van der Waals surface area (Å²) in [6.07, 6.45) is 0. The predicted octanol–water partition coefficient (Wildman–Crippen LogP) is 5.59. The molecule has 7 heteroatoms. The van der Waals surface area contributed by atoms with Gasteiger partial charge in [0.05, 0.1) is 9.95 Å². The lowest BCUT2D eigenvalue weighted by atomic mass is 10.2. The van der Waals surface area contributed by atoms with E-state index in [-0.39, 0.29) is 10.7 Å². The summed E-state index contributed by atoms with van der Waals surface area (Å²) in [6.45, 7) is 0. The molecule has 2 aromatic rings. The number of ether oxygens (including phenoxy) is 1. The van der Waals surface area contributed by atoms with E-state index in [4.69, 9.17) is 27.9 Å². The van der Waals surface area contributed by atoms with E-state index < -0.39 is 4.92 Å². The molecule has 0 heterocycles. The summed E-state index contributed by atoms with van der Waals surface area (Å²) in [5.41, 5.74) is 0.851. The molecule has 0 atom stereocenters. The topological polar surface area (TPSA) is 52.4 Å². The molecule has 0 saturated carbocycles. The van der Waals surface area contributed by atoms with E-state index in [2.05, 4.69) is 15.9 Å². The van der Waals surface area contributed by atoms with Crippen LogP contribution in [-0.2, 0) is 5.33 Å². The van der Waals surface area contributed by atoms with E-state index in [1.54, 1.807) is 12.1 Å². The predicted molar refractivity (Wildman–Crippen MR) is 82.3 cm³/mol. The largest absolute Gasteiger partial charge is 0.456 e. The second-order valence-electron chi connectivity index (χ2n) is 3.87. The van der Waals surface area contributed by atoms with Crippen molar-refractivity contribution in [3.05, 3.63) is 62.1 Å². The Bertz CT molecular complexity index is 664. The Balaban J connectivity index is 2.26. The van der Waals surface area contributed by atoms with Crippen molar-refractivity contribution < 1.29 is 9.66 Å². The average molecular weight is 377 g/mol. The van der Waals surface area contributed by atoms with Crippen LogP contribution in [0.5, 0.6) is 11.5 Å². The van der Waals surface area contributed by atoms with Gasteiger partial charge in [0.15, 0.2) is 0 Å². The van der Waals surface area contributed by atoms with E-state index in [1.165, 1.54) is 18.2 Å². The van der Waals surface area contributed by atoms with Gasteiger partial charge >= 0.3 is 0 Å². The summed E-state index contributed by atoms with van der Waals surface area (Å²) in [4.78, 5) is 10.1. The Morgan fingerprint density at radius 3 is 2.45 bits per heavy atom. The van der Waals surface area contributed by atoms with Gasteiger partial charge in [0.2, 0.25) is 0 Å². The van der Waals surface area contributed by atoms with Gasteiger partial charge in [0.1, 0.15) is 16.5 Å². The quantitative estimate of drug-likeness (QED) is 0.397. The maximum absolute atomic E-state index is 10.7. The number of nitro groups is 1. The summed E-state index contributed by atoms with van der Waals surface area (Å²) in [5, 5.41) is 11.8. The van der Waals surface area contributed by atoms with Gasteiger partial charge in [0, 0.05) is 17.5 Å². The standard InChI is InChI=1S/C13H8BrCl2NO3/c14-7-8-1-4-13(11(16)5-8)20-9-2-3-12(17(18)19)10(15)6-9/h1-6H,7H2. The third kappa shape index (κ3) is 3.42. The minimum atomic E-state index is -0.552. The summed E-state index contributed by atoms with van der Waals surface area (Å²) in [7, 11) is 0. The number of hydrogen-bond acceptors (Lipinski definition) is 3. The van der Waals surface area contributed by atoms with Gasteiger partial charge in [-0.2, -0.15) is 0 Å². The molecule has 20 heavy (non-hydrogen) atoms. The van der Waals surface area contributed by atoms with Crippen molar-refractivity contribution in [1.82, 2.24) is 0 Å². The number of halogens is 3. The minimum Gasteiger partial charge on any atom is -0.456 e. The Labute approximate surface area is 133 Å². The van der Waals surface area contributed by atoms with Crippen LogP contribution >= 0.6 is 39.1 Å². The molecule has 0 bridgehead atoms. The number of benzene rings is 2. The van der Waals surface area contributed by atoms with Crippen LogP contribution in [0.2, 0.25) is 10.0 Å². The van der Waals surface area contributed by atoms with E-state index in [0.717, 1.165) is 5.56 Å². The second kappa shape index (κ2) is 6.43. The second-order valence-corrected chi connectivity index (χ2v) is 5.25. The first-order valence-corrected chi connectivity index (χ1v) is 7.35. The maximum atomic E-state index is 10.7. The smallest absolute Gasteiger partial charge is 0.288 e. The third-order valence-electron chi connectivity index (χ3n) is 2.49. The van der Waals surface area contributed by atoms with Crippen molar-refractivity contribution in [3.63, 3.8) is 0 Å². The molecule has 0 aliphatic carbocycles. The molecule has 0 radical (unpaired) electrons. The summed E-state index contributed by atoms with van der Waals surface area (Å²) in [6, 6.07) is 9.52. The fourth-order valence-corrected chi connectivity index (χ4v) is 2.37. The average Bonchev–Trinajstić information content (AvgIpc) is 2.40. The molecule has 2 rings (SSSR count). The van der Waals surface area contributed by atoms with Gasteiger partial charge in [-0.25, -0.2) is 0 Å². The fraction of sp³-hybridized carbons (Fsp3) is 0.0769. The molecule has 2 aromatic carbocycles. The molecule has 0 N–H and O–H groups in total. The first kappa shape index (κ1) is 15.1. The van der Waals surface area contributed by atoms with Crippen LogP contribution in [0, 0.1) is 10.1 Å². The van der Waals surface area contributed by atoms with E-state index >= 15 is 0 Å². The molecule has 0 aliphatic heterocycles. The van der Waals surface area contributed by atoms with Crippen LogP contribution in [0.3, 0.4) is 0 Å². The van der Waals surface area contributed by atoms with Crippen molar-refractivity contribution >= 4 is 44.8 Å². The van der Waals surface area contributed by atoms with Crippen LogP contribution in [0.1, 0.15) is 5.56 Å². The molecule has 0 unspecified atom stereocenters. The molecule has 0 aromatic heterocycles.